The molecule has 0 aliphatic carbocycles. The lowest BCUT2D eigenvalue weighted by Crippen LogP contribution is -1.85. The molecule has 0 N–H and O–H groups in total. The van der Waals surface area contributed by atoms with E-state index in [4.69, 9.17) is 0 Å². The largest absolute Gasteiger partial charge is 0.298 e. The molecule has 0 saturated carbocycles. The van der Waals surface area contributed by atoms with Gasteiger partial charge in [0, 0.05) is 18.2 Å². The van der Waals surface area contributed by atoms with Crippen molar-refractivity contribution in [3.05, 3.63) is 41.5 Å². The maximum absolute atomic E-state index is 10.7. The second kappa shape index (κ2) is 7.01. The molecule has 0 radical (unpaired) electrons. The van der Waals surface area contributed by atoms with Gasteiger partial charge in [-0.2, -0.15) is 0 Å². The Morgan fingerprint density at radius 3 is 2.62 bits per heavy atom. The molecule has 3 heteroatoms. The van der Waals surface area contributed by atoms with Crippen molar-refractivity contribution in [1.82, 2.24) is 0 Å². The molecule has 0 fully saturated rings. The van der Waals surface area contributed by atoms with Gasteiger partial charge in [-0.3, -0.25) is 9.59 Å². The lowest BCUT2D eigenvalue weighted by Gasteiger charge is -1.97. The van der Waals surface area contributed by atoms with Crippen LogP contribution >= 0.6 is 11.8 Å². The van der Waals surface area contributed by atoms with Crippen molar-refractivity contribution in [3.8, 4) is 0 Å². The fourth-order valence-electron chi connectivity index (χ4n) is 1.25. The molecular formula is C13H14O2S. The predicted molar refractivity (Wildman–Crippen MR) is 68.6 cm³/mol. The van der Waals surface area contributed by atoms with Gasteiger partial charge in [0.15, 0.2) is 11.4 Å². The average Bonchev–Trinajstić information content (AvgIpc) is 2.29. The fourth-order valence-corrected chi connectivity index (χ4v) is 1.79. The zero-order chi connectivity index (χ0) is 11.8. The van der Waals surface area contributed by atoms with Crippen LogP contribution in [0.15, 0.2) is 30.3 Å². The molecular weight excluding hydrogens is 220 g/mol. The third-order valence-electron chi connectivity index (χ3n) is 2.01. The van der Waals surface area contributed by atoms with Crippen molar-refractivity contribution < 1.29 is 9.59 Å². The van der Waals surface area contributed by atoms with Crippen molar-refractivity contribution in [1.29, 1.82) is 0 Å². The number of carbonyl (C=O) groups is 2. The number of thioether (sulfide) groups is 1. The van der Waals surface area contributed by atoms with E-state index in [1.165, 1.54) is 11.8 Å². The van der Waals surface area contributed by atoms with Crippen LogP contribution in [0.3, 0.4) is 0 Å². The predicted octanol–water partition coefficient (Wildman–Crippen LogP) is 3.18. The molecule has 0 unspecified atom stereocenters. The Bertz CT molecular complexity index is 397. The smallest absolute Gasteiger partial charge is 0.185 e. The van der Waals surface area contributed by atoms with Crippen LogP contribution < -0.4 is 0 Å². The van der Waals surface area contributed by atoms with E-state index in [2.05, 4.69) is 0 Å². The van der Waals surface area contributed by atoms with Gasteiger partial charge in [0.1, 0.15) is 0 Å². The summed E-state index contributed by atoms with van der Waals surface area (Å²) >= 11 is 1.32. The van der Waals surface area contributed by atoms with Gasteiger partial charge >= 0.3 is 0 Å². The standard InChI is InChI=1S/C13H14O2S/c1-11(15)16-9-5-4-7-12-6-2-3-8-13(12)10-14/h2-4,6-8,10H,5,9H2,1H3. The normalized spacial score (nSPS) is 10.6. The van der Waals surface area contributed by atoms with Gasteiger partial charge in [0.05, 0.1) is 0 Å². The topological polar surface area (TPSA) is 34.1 Å². The van der Waals surface area contributed by atoms with Crippen molar-refractivity contribution in [2.75, 3.05) is 5.75 Å². The monoisotopic (exact) mass is 234 g/mol. The first-order valence-corrected chi connectivity index (χ1v) is 6.06. The first-order chi connectivity index (χ1) is 7.74. The molecule has 0 atom stereocenters. The molecule has 1 aromatic rings. The van der Waals surface area contributed by atoms with Gasteiger partial charge in [-0.05, 0) is 12.0 Å². The highest BCUT2D eigenvalue weighted by Crippen LogP contribution is 2.10. The summed E-state index contributed by atoms with van der Waals surface area (Å²) in [4.78, 5) is 21.4. The first kappa shape index (κ1) is 12.7. The molecule has 0 bridgehead atoms. The number of hydrogen-bond acceptors (Lipinski definition) is 3. The minimum atomic E-state index is 0.140. The van der Waals surface area contributed by atoms with Gasteiger partial charge in [-0.25, -0.2) is 0 Å². The Kier molecular flexibility index (Phi) is 5.57. The summed E-state index contributed by atoms with van der Waals surface area (Å²) in [7, 11) is 0. The van der Waals surface area contributed by atoms with Crippen molar-refractivity contribution in [2.45, 2.75) is 13.3 Å². The molecule has 0 amide bonds. The Morgan fingerprint density at radius 2 is 2.00 bits per heavy atom. The van der Waals surface area contributed by atoms with Crippen LogP contribution in [0.1, 0.15) is 29.3 Å². The zero-order valence-electron chi connectivity index (χ0n) is 9.18. The molecule has 0 heterocycles. The highest BCUT2D eigenvalue weighted by molar-refractivity contribution is 8.13. The van der Waals surface area contributed by atoms with Gasteiger partial charge in [0.2, 0.25) is 0 Å². The lowest BCUT2D eigenvalue weighted by atomic mass is 10.1. The molecule has 0 aromatic heterocycles. The van der Waals surface area contributed by atoms with Gasteiger partial charge in [-0.1, -0.05) is 48.2 Å². The van der Waals surface area contributed by atoms with Crippen LogP contribution in [0.2, 0.25) is 0 Å². The summed E-state index contributed by atoms with van der Waals surface area (Å²) in [6.45, 7) is 1.57. The summed E-state index contributed by atoms with van der Waals surface area (Å²) in [5, 5.41) is 0.140. The van der Waals surface area contributed by atoms with E-state index in [0.29, 0.717) is 5.56 Å². The van der Waals surface area contributed by atoms with E-state index in [-0.39, 0.29) is 5.12 Å². The quantitative estimate of drug-likeness (QED) is 0.579. The van der Waals surface area contributed by atoms with E-state index in [1.807, 2.05) is 30.4 Å². The number of rotatable bonds is 5. The van der Waals surface area contributed by atoms with Crippen LogP contribution in [0.5, 0.6) is 0 Å². The number of benzene rings is 1. The van der Waals surface area contributed by atoms with E-state index in [9.17, 15) is 9.59 Å². The second-order valence-corrected chi connectivity index (χ2v) is 4.55. The SMILES string of the molecule is CC(=O)SCCC=Cc1ccccc1C=O. The molecule has 0 aliphatic heterocycles. The summed E-state index contributed by atoms with van der Waals surface area (Å²) < 4.78 is 0. The van der Waals surface area contributed by atoms with Crippen molar-refractivity contribution in [3.63, 3.8) is 0 Å². The molecule has 1 aromatic carbocycles. The second-order valence-electron chi connectivity index (χ2n) is 3.28. The highest BCUT2D eigenvalue weighted by Gasteiger charge is 1.95. The molecule has 1 rings (SSSR count). The minimum Gasteiger partial charge on any atom is -0.298 e. The van der Waals surface area contributed by atoms with Crippen LogP contribution in [-0.4, -0.2) is 17.2 Å². The molecule has 84 valence electrons. The Labute approximate surface area is 99.7 Å². The van der Waals surface area contributed by atoms with E-state index in [1.54, 1.807) is 13.0 Å². The van der Waals surface area contributed by atoms with Gasteiger partial charge in [-0.15, -0.1) is 0 Å². The van der Waals surface area contributed by atoms with E-state index in [0.717, 1.165) is 24.0 Å². The molecule has 0 aliphatic rings. The van der Waals surface area contributed by atoms with Crippen LogP contribution in [0, 0.1) is 0 Å². The fraction of sp³-hybridized carbons (Fsp3) is 0.231. The van der Waals surface area contributed by atoms with Crippen LogP contribution in [0.25, 0.3) is 6.08 Å². The van der Waals surface area contributed by atoms with E-state index < -0.39 is 0 Å². The highest BCUT2D eigenvalue weighted by atomic mass is 32.2. The van der Waals surface area contributed by atoms with Crippen molar-refractivity contribution >= 4 is 29.2 Å². The number of hydrogen-bond donors (Lipinski definition) is 0. The van der Waals surface area contributed by atoms with Crippen LogP contribution in [0.4, 0.5) is 0 Å². The van der Waals surface area contributed by atoms with Crippen LogP contribution in [-0.2, 0) is 4.79 Å². The molecule has 0 spiro atoms. The third kappa shape index (κ3) is 4.45. The Morgan fingerprint density at radius 1 is 1.31 bits per heavy atom. The number of allylic oxidation sites excluding steroid dienone is 1. The van der Waals surface area contributed by atoms with Gasteiger partial charge in [0.25, 0.3) is 0 Å². The number of aldehydes is 1. The molecule has 2 nitrogen and oxygen atoms in total. The average molecular weight is 234 g/mol. The van der Waals surface area contributed by atoms with E-state index >= 15 is 0 Å². The summed E-state index contributed by atoms with van der Waals surface area (Å²) in [6.07, 6.45) is 5.59. The molecule has 16 heavy (non-hydrogen) atoms. The summed E-state index contributed by atoms with van der Waals surface area (Å²) in [5.41, 5.74) is 1.61. The summed E-state index contributed by atoms with van der Waals surface area (Å²) in [6, 6.07) is 7.43. The Balaban J connectivity index is 2.49. The number of carbonyl (C=O) groups excluding carboxylic acids is 2. The Hall–Kier alpha value is -1.35. The van der Waals surface area contributed by atoms with Crippen molar-refractivity contribution in [2.24, 2.45) is 0 Å². The van der Waals surface area contributed by atoms with Gasteiger partial charge < -0.3 is 0 Å². The molecule has 0 saturated heterocycles. The first-order valence-electron chi connectivity index (χ1n) is 5.08. The maximum atomic E-state index is 10.7. The summed E-state index contributed by atoms with van der Waals surface area (Å²) in [5.74, 6) is 0.787. The zero-order valence-corrected chi connectivity index (χ0v) is 10.00. The maximum Gasteiger partial charge on any atom is 0.185 e. The third-order valence-corrected chi connectivity index (χ3v) is 2.86. The lowest BCUT2D eigenvalue weighted by molar-refractivity contribution is -0.109. The minimum absolute atomic E-state index is 0.140.